The Morgan fingerprint density at radius 2 is 2.30 bits per heavy atom. The highest BCUT2D eigenvalue weighted by molar-refractivity contribution is 9.08. The number of nitrogens with one attached hydrogen (secondary N) is 1. The molecule has 0 bridgehead atoms. The molecule has 0 saturated carbocycles. The highest BCUT2D eigenvalue weighted by atomic mass is 79.9. The Labute approximate surface area is 68.0 Å². The number of guanidine groups is 1. The topological polar surface area (TPSA) is 62.8 Å². The van der Waals surface area contributed by atoms with Gasteiger partial charge >= 0.3 is 0 Å². The second kappa shape index (κ2) is 2.23. The molecule has 56 valence electrons. The normalized spacial score (nSPS) is 26.3. The minimum absolute atomic E-state index is 0.312. The van der Waals surface area contributed by atoms with Crippen LogP contribution in [0, 0.1) is 0 Å². The van der Waals surface area contributed by atoms with Crippen molar-refractivity contribution in [2.24, 2.45) is 14.7 Å². The molecule has 0 fully saturated rings. The fourth-order valence-corrected chi connectivity index (χ4v) is 1.30. The molecule has 0 spiro atoms. The first-order valence-corrected chi connectivity index (χ1v) is 3.59. The van der Waals surface area contributed by atoms with Crippen LogP contribution in [0.25, 0.3) is 0 Å². The standard InChI is InChI=1S/C5H9BrN4/c1-5(2)3(10-6)8-4(7)9-5/h1-2H3,(H3,7,8,9,10). The number of nitrogens with two attached hydrogens (primary N) is 1. The van der Waals surface area contributed by atoms with Gasteiger partial charge in [0.2, 0.25) is 0 Å². The van der Waals surface area contributed by atoms with Crippen LogP contribution in [-0.2, 0) is 0 Å². The van der Waals surface area contributed by atoms with E-state index in [0.29, 0.717) is 5.96 Å². The first-order chi connectivity index (χ1) is 4.56. The summed E-state index contributed by atoms with van der Waals surface area (Å²) in [7, 11) is 0. The average molecular weight is 205 g/mol. The number of aliphatic imine (C=N–C) groups is 1. The number of rotatable bonds is 0. The molecule has 0 radical (unpaired) electrons. The largest absolute Gasteiger partial charge is 0.370 e. The zero-order valence-electron chi connectivity index (χ0n) is 5.85. The number of hydrogen-bond acceptors (Lipinski definition) is 3. The van der Waals surface area contributed by atoms with E-state index < -0.39 is 0 Å². The quantitative estimate of drug-likeness (QED) is 0.600. The summed E-state index contributed by atoms with van der Waals surface area (Å²) in [6.07, 6.45) is 0. The third kappa shape index (κ3) is 1.13. The number of nitrogens with zero attached hydrogens (tertiary/aromatic N) is 2. The average Bonchev–Trinajstić information content (AvgIpc) is 2.04. The summed E-state index contributed by atoms with van der Waals surface area (Å²) in [5.41, 5.74) is 5.10. The first kappa shape index (κ1) is 7.53. The van der Waals surface area contributed by atoms with Gasteiger partial charge in [0.15, 0.2) is 5.96 Å². The summed E-state index contributed by atoms with van der Waals surface area (Å²) in [6, 6.07) is 0. The van der Waals surface area contributed by atoms with Crippen molar-refractivity contribution in [1.29, 1.82) is 0 Å². The van der Waals surface area contributed by atoms with Crippen molar-refractivity contribution >= 4 is 27.9 Å². The first-order valence-electron chi connectivity index (χ1n) is 2.88. The second-order valence-electron chi connectivity index (χ2n) is 2.61. The van der Waals surface area contributed by atoms with Crippen molar-refractivity contribution in [3.8, 4) is 0 Å². The van der Waals surface area contributed by atoms with Gasteiger partial charge in [0.05, 0.1) is 16.1 Å². The van der Waals surface area contributed by atoms with Gasteiger partial charge in [-0.3, -0.25) is 0 Å². The molecule has 1 rings (SSSR count). The molecule has 1 aliphatic heterocycles. The number of halogens is 1. The van der Waals surface area contributed by atoms with Crippen molar-refractivity contribution < 1.29 is 0 Å². The van der Waals surface area contributed by atoms with E-state index in [1.165, 1.54) is 0 Å². The predicted molar refractivity (Wildman–Crippen MR) is 45.2 cm³/mol. The van der Waals surface area contributed by atoms with Crippen LogP contribution in [0.4, 0.5) is 0 Å². The van der Waals surface area contributed by atoms with E-state index in [1.54, 1.807) is 0 Å². The Balaban J connectivity index is 2.92. The number of hydrogen-bond donors (Lipinski definition) is 2. The van der Waals surface area contributed by atoms with E-state index in [0.717, 1.165) is 5.84 Å². The van der Waals surface area contributed by atoms with Gasteiger partial charge in [-0.1, -0.05) is 0 Å². The lowest BCUT2D eigenvalue weighted by molar-refractivity contribution is 0.713. The third-order valence-corrected chi connectivity index (χ3v) is 1.67. The van der Waals surface area contributed by atoms with E-state index in [-0.39, 0.29) is 5.54 Å². The Hall–Kier alpha value is -0.580. The Bertz CT molecular complexity index is 206. The maximum Gasteiger partial charge on any atom is 0.195 e. The van der Waals surface area contributed by atoms with Crippen molar-refractivity contribution in [2.45, 2.75) is 19.4 Å². The summed E-state index contributed by atoms with van der Waals surface area (Å²) >= 11 is 2.98. The van der Waals surface area contributed by atoms with Crippen molar-refractivity contribution in [2.75, 3.05) is 0 Å². The molecule has 0 aromatic rings. The second-order valence-corrected chi connectivity index (χ2v) is 2.97. The molecular weight excluding hydrogens is 196 g/mol. The lowest BCUT2D eigenvalue weighted by Gasteiger charge is -2.11. The van der Waals surface area contributed by atoms with Crippen LogP contribution < -0.4 is 11.1 Å². The Kier molecular flexibility index (Phi) is 1.68. The van der Waals surface area contributed by atoms with Gasteiger partial charge in [0.25, 0.3) is 0 Å². The summed E-state index contributed by atoms with van der Waals surface area (Å²) in [4.78, 5) is 4.10. The predicted octanol–water partition coefficient (Wildman–Crippen LogP) is 0.391. The molecule has 5 heteroatoms. The fraction of sp³-hybridized carbons (Fsp3) is 0.600. The lowest BCUT2D eigenvalue weighted by Crippen LogP contribution is -2.36. The minimum Gasteiger partial charge on any atom is -0.370 e. The summed E-state index contributed by atoms with van der Waals surface area (Å²) in [5, 5.41) is 2.82. The molecular formula is C5H9BrN4. The molecule has 0 aliphatic carbocycles. The van der Waals surface area contributed by atoms with Gasteiger partial charge < -0.3 is 11.1 Å². The highest BCUT2D eigenvalue weighted by Crippen LogP contribution is 2.15. The molecule has 10 heavy (non-hydrogen) atoms. The van der Waals surface area contributed by atoms with Gasteiger partial charge in [-0.05, 0) is 13.8 Å². The van der Waals surface area contributed by atoms with E-state index in [4.69, 9.17) is 5.73 Å². The molecule has 0 saturated heterocycles. The zero-order chi connectivity index (χ0) is 7.78. The molecule has 1 aliphatic rings. The maximum atomic E-state index is 5.41. The monoisotopic (exact) mass is 204 g/mol. The molecule has 0 atom stereocenters. The van der Waals surface area contributed by atoms with Crippen LogP contribution in [0.2, 0.25) is 0 Å². The van der Waals surface area contributed by atoms with Crippen LogP contribution >= 0.6 is 16.1 Å². The van der Waals surface area contributed by atoms with E-state index in [2.05, 4.69) is 30.5 Å². The minimum atomic E-state index is -0.312. The van der Waals surface area contributed by atoms with Crippen LogP contribution in [0.1, 0.15) is 13.8 Å². The maximum absolute atomic E-state index is 5.41. The molecule has 4 nitrogen and oxygen atoms in total. The third-order valence-electron chi connectivity index (χ3n) is 1.31. The molecule has 0 aromatic carbocycles. The highest BCUT2D eigenvalue weighted by Gasteiger charge is 2.30. The smallest absolute Gasteiger partial charge is 0.195 e. The van der Waals surface area contributed by atoms with Gasteiger partial charge in [-0.25, -0.2) is 4.99 Å². The number of amidine groups is 1. The van der Waals surface area contributed by atoms with E-state index in [1.807, 2.05) is 13.8 Å². The Morgan fingerprint density at radius 3 is 2.50 bits per heavy atom. The molecule has 3 N–H and O–H groups in total. The van der Waals surface area contributed by atoms with E-state index >= 15 is 0 Å². The lowest BCUT2D eigenvalue weighted by atomic mass is 10.1. The summed E-state index contributed by atoms with van der Waals surface area (Å²) in [5.74, 6) is 1.16. The Morgan fingerprint density at radius 1 is 1.70 bits per heavy atom. The summed E-state index contributed by atoms with van der Waals surface area (Å²) < 4.78 is 3.81. The van der Waals surface area contributed by atoms with Crippen molar-refractivity contribution in [3.05, 3.63) is 0 Å². The van der Waals surface area contributed by atoms with Crippen LogP contribution in [0.15, 0.2) is 9.01 Å². The van der Waals surface area contributed by atoms with Gasteiger partial charge in [-0.15, -0.1) is 0 Å². The molecule has 0 aromatic heterocycles. The van der Waals surface area contributed by atoms with Gasteiger partial charge in [0, 0.05) is 0 Å². The van der Waals surface area contributed by atoms with Crippen LogP contribution in [-0.4, -0.2) is 17.3 Å². The fourth-order valence-electron chi connectivity index (χ4n) is 0.781. The van der Waals surface area contributed by atoms with Crippen LogP contribution in [0.5, 0.6) is 0 Å². The van der Waals surface area contributed by atoms with E-state index in [9.17, 15) is 0 Å². The van der Waals surface area contributed by atoms with Gasteiger partial charge in [-0.2, -0.15) is 4.02 Å². The molecule has 0 unspecified atom stereocenters. The molecule has 0 amide bonds. The van der Waals surface area contributed by atoms with Crippen LogP contribution in [0.3, 0.4) is 0 Å². The van der Waals surface area contributed by atoms with Crippen molar-refractivity contribution in [3.63, 3.8) is 0 Å². The summed E-state index contributed by atoms with van der Waals surface area (Å²) in [6.45, 7) is 3.86. The molecule has 1 heterocycles. The van der Waals surface area contributed by atoms with Gasteiger partial charge in [0.1, 0.15) is 11.4 Å². The SMILES string of the molecule is CC1(C)N=C(N)N/C1=N\Br. The zero-order valence-corrected chi connectivity index (χ0v) is 7.44. The van der Waals surface area contributed by atoms with Crippen molar-refractivity contribution in [1.82, 2.24) is 5.32 Å².